The number of rotatable bonds is 6. The second kappa shape index (κ2) is 7.86. The van der Waals surface area contributed by atoms with Gasteiger partial charge in [-0.15, -0.1) is 0 Å². The van der Waals surface area contributed by atoms with Crippen LogP contribution in [0.5, 0.6) is 5.75 Å². The van der Waals surface area contributed by atoms with E-state index in [1.807, 2.05) is 0 Å². The number of methoxy groups -OCH3 is 1. The molecule has 0 aliphatic rings. The zero-order valence-corrected chi connectivity index (χ0v) is 14.5. The maximum absolute atomic E-state index is 12.3. The molecule has 2 amide bonds. The Hall–Kier alpha value is -2.78. The summed E-state index contributed by atoms with van der Waals surface area (Å²) >= 11 is 0. The van der Waals surface area contributed by atoms with Crippen molar-refractivity contribution in [1.82, 2.24) is 5.32 Å². The smallest absolute Gasteiger partial charge is 0.339 e. The van der Waals surface area contributed by atoms with Crippen molar-refractivity contribution in [3.63, 3.8) is 0 Å². The molecule has 0 saturated carbocycles. The molecule has 0 aromatic heterocycles. The van der Waals surface area contributed by atoms with E-state index in [4.69, 9.17) is 14.7 Å². The van der Waals surface area contributed by atoms with Gasteiger partial charge in [-0.05, 0) is 37.3 Å². The number of amides is 2. The first-order valence-corrected chi connectivity index (χ1v) is 8.72. The van der Waals surface area contributed by atoms with Crippen molar-refractivity contribution < 1.29 is 22.1 Å². The molecule has 2 rings (SSSR count). The van der Waals surface area contributed by atoms with Gasteiger partial charge >= 0.3 is 16.1 Å². The molecule has 0 fully saturated rings. The lowest BCUT2D eigenvalue weighted by atomic mass is 10.3. The summed E-state index contributed by atoms with van der Waals surface area (Å²) < 4.78 is 34.5. The van der Waals surface area contributed by atoms with Crippen LogP contribution in [0, 0.1) is 0 Å². The average Bonchev–Trinajstić information content (AvgIpc) is 2.57. The molecule has 0 saturated heterocycles. The van der Waals surface area contributed by atoms with Crippen molar-refractivity contribution in [3.8, 4) is 5.75 Å². The molecule has 0 heterocycles. The lowest BCUT2D eigenvalue weighted by Crippen LogP contribution is -2.37. The summed E-state index contributed by atoms with van der Waals surface area (Å²) in [6.45, 7) is 1.65. The quantitative estimate of drug-likeness (QED) is 0.410. The van der Waals surface area contributed by atoms with Crippen molar-refractivity contribution >= 4 is 27.5 Å². The minimum Gasteiger partial charge on any atom is -0.397 e. The van der Waals surface area contributed by atoms with Gasteiger partial charge in [-0.3, -0.25) is 0 Å². The molecule has 0 aliphatic carbocycles. The van der Waals surface area contributed by atoms with Crippen molar-refractivity contribution in [2.45, 2.75) is 18.0 Å². The SMILES string of the molecule is COC(C)NC(=O)Nc1ccc(S(=O)(=O)Oc2ccccc2)cc1N. The summed E-state index contributed by atoms with van der Waals surface area (Å²) in [6, 6.07) is 11.5. The number of para-hydroxylation sites is 1. The molecular formula is C16H19N3O5S. The minimum absolute atomic E-state index is 0.0814. The first-order valence-electron chi connectivity index (χ1n) is 7.31. The number of urea groups is 1. The van der Waals surface area contributed by atoms with Gasteiger partial charge in [0.15, 0.2) is 0 Å². The summed E-state index contributed by atoms with van der Waals surface area (Å²) in [5.41, 5.74) is 6.17. The Morgan fingerprint density at radius 2 is 1.84 bits per heavy atom. The predicted molar refractivity (Wildman–Crippen MR) is 93.7 cm³/mol. The lowest BCUT2D eigenvalue weighted by molar-refractivity contribution is 0.0984. The van der Waals surface area contributed by atoms with Crippen LogP contribution in [0.3, 0.4) is 0 Å². The number of carbonyl (C=O) groups is 1. The van der Waals surface area contributed by atoms with Gasteiger partial charge in [0.2, 0.25) is 0 Å². The first kappa shape index (κ1) is 18.6. The third kappa shape index (κ3) is 5.10. The number of nitrogens with two attached hydrogens (primary N) is 1. The molecule has 0 aliphatic heterocycles. The Morgan fingerprint density at radius 3 is 2.44 bits per heavy atom. The van der Waals surface area contributed by atoms with E-state index in [-0.39, 0.29) is 22.0 Å². The maximum atomic E-state index is 12.3. The average molecular weight is 365 g/mol. The van der Waals surface area contributed by atoms with E-state index < -0.39 is 22.4 Å². The number of nitrogen functional groups attached to an aromatic ring is 1. The van der Waals surface area contributed by atoms with Gasteiger partial charge < -0.3 is 25.3 Å². The maximum Gasteiger partial charge on any atom is 0.339 e. The van der Waals surface area contributed by atoms with Crippen molar-refractivity contribution in [2.75, 3.05) is 18.2 Å². The molecule has 1 unspecified atom stereocenters. The molecular weight excluding hydrogens is 346 g/mol. The van der Waals surface area contributed by atoms with E-state index in [9.17, 15) is 13.2 Å². The van der Waals surface area contributed by atoms with Crippen molar-refractivity contribution in [2.24, 2.45) is 0 Å². The molecule has 134 valence electrons. The molecule has 4 N–H and O–H groups in total. The van der Waals surface area contributed by atoms with Crippen LogP contribution in [0.4, 0.5) is 16.2 Å². The number of ether oxygens (including phenoxy) is 1. The molecule has 1 atom stereocenters. The third-order valence-corrected chi connectivity index (χ3v) is 4.44. The van der Waals surface area contributed by atoms with Crippen LogP contribution in [0.15, 0.2) is 53.4 Å². The second-order valence-electron chi connectivity index (χ2n) is 5.08. The number of hydrogen-bond acceptors (Lipinski definition) is 6. The predicted octanol–water partition coefficient (Wildman–Crippen LogP) is 2.15. The fraction of sp³-hybridized carbons (Fsp3) is 0.188. The summed E-state index contributed by atoms with van der Waals surface area (Å²) in [5.74, 6) is 0.191. The number of anilines is 2. The Labute approximate surface area is 146 Å². The van der Waals surface area contributed by atoms with Crippen LogP contribution in [0.25, 0.3) is 0 Å². The Bertz CT molecular complexity index is 840. The largest absolute Gasteiger partial charge is 0.397 e. The van der Waals surface area contributed by atoms with Gasteiger partial charge in [-0.25, -0.2) is 4.79 Å². The fourth-order valence-electron chi connectivity index (χ4n) is 1.86. The van der Waals surface area contributed by atoms with Gasteiger partial charge in [0.25, 0.3) is 0 Å². The minimum atomic E-state index is -4.03. The molecule has 0 spiro atoms. The van der Waals surface area contributed by atoms with E-state index in [0.29, 0.717) is 0 Å². The second-order valence-corrected chi connectivity index (χ2v) is 6.62. The Morgan fingerprint density at radius 1 is 1.16 bits per heavy atom. The molecule has 8 nitrogen and oxygen atoms in total. The van der Waals surface area contributed by atoms with E-state index in [1.54, 1.807) is 25.1 Å². The van der Waals surface area contributed by atoms with E-state index in [1.165, 1.54) is 37.4 Å². The van der Waals surface area contributed by atoms with Gasteiger partial charge in [0.1, 0.15) is 16.9 Å². The Balaban J connectivity index is 2.14. The van der Waals surface area contributed by atoms with Crippen molar-refractivity contribution in [1.29, 1.82) is 0 Å². The molecule has 25 heavy (non-hydrogen) atoms. The normalized spacial score (nSPS) is 12.2. The summed E-state index contributed by atoms with van der Waals surface area (Å²) in [4.78, 5) is 11.6. The standard InChI is InChI=1S/C16H19N3O5S/c1-11(23-2)18-16(20)19-15-9-8-13(10-14(15)17)25(21,22)24-12-6-4-3-5-7-12/h3-11H,17H2,1-2H3,(H2,18,19,20). The van der Waals surface area contributed by atoms with E-state index >= 15 is 0 Å². The Kier molecular flexibility index (Phi) is 5.84. The fourth-order valence-corrected chi connectivity index (χ4v) is 2.83. The molecule has 0 bridgehead atoms. The van der Waals surface area contributed by atoms with Crippen LogP contribution in [0.1, 0.15) is 6.92 Å². The molecule has 0 radical (unpaired) electrons. The topological polar surface area (TPSA) is 120 Å². The zero-order chi connectivity index (χ0) is 18.4. The van der Waals surface area contributed by atoms with Crippen LogP contribution in [-0.2, 0) is 14.9 Å². The van der Waals surface area contributed by atoms with E-state index in [0.717, 1.165) is 0 Å². The third-order valence-electron chi connectivity index (χ3n) is 3.20. The summed E-state index contributed by atoms with van der Waals surface area (Å²) in [5, 5.41) is 5.03. The van der Waals surface area contributed by atoms with Gasteiger partial charge in [0.05, 0.1) is 11.4 Å². The highest BCUT2D eigenvalue weighted by atomic mass is 32.2. The van der Waals surface area contributed by atoms with Gasteiger partial charge in [-0.2, -0.15) is 8.42 Å². The monoisotopic (exact) mass is 365 g/mol. The van der Waals surface area contributed by atoms with Crippen LogP contribution in [0.2, 0.25) is 0 Å². The number of carbonyl (C=O) groups excluding carboxylic acids is 1. The van der Waals surface area contributed by atoms with E-state index in [2.05, 4.69) is 10.6 Å². The van der Waals surface area contributed by atoms with Crippen LogP contribution >= 0.6 is 0 Å². The van der Waals surface area contributed by atoms with Crippen molar-refractivity contribution in [3.05, 3.63) is 48.5 Å². The zero-order valence-electron chi connectivity index (χ0n) is 13.7. The highest BCUT2D eigenvalue weighted by molar-refractivity contribution is 7.87. The molecule has 2 aromatic rings. The number of nitrogens with one attached hydrogen (secondary N) is 2. The highest BCUT2D eigenvalue weighted by Crippen LogP contribution is 2.25. The van der Waals surface area contributed by atoms with Gasteiger partial charge in [-0.1, -0.05) is 18.2 Å². The summed E-state index contributed by atoms with van der Waals surface area (Å²) in [7, 11) is -2.58. The number of hydrogen-bond donors (Lipinski definition) is 3. The lowest BCUT2D eigenvalue weighted by Gasteiger charge is -2.14. The molecule has 9 heteroatoms. The van der Waals surface area contributed by atoms with Crippen LogP contribution < -0.4 is 20.6 Å². The molecule has 2 aromatic carbocycles. The van der Waals surface area contributed by atoms with Crippen LogP contribution in [-0.4, -0.2) is 27.8 Å². The first-order chi connectivity index (χ1) is 11.8. The number of benzene rings is 2. The summed E-state index contributed by atoms with van der Waals surface area (Å²) in [6.07, 6.45) is -0.486. The van der Waals surface area contributed by atoms with Gasteiger partial charge in [0, 0.05) is 7.11 Å². The highest BCUT2D eigenvalue weighted by Gasteiger charge is 2.18.